The molecule has 2 aliphatic carbocycles. The summed E-state index contributed by atoms with van der Waals surface area (Å²) in [6, 6.07) is 0. The Morgan fingerprint density at radius 2 is 2.11 bits per heavy atom. The second-order valence-corrected chi connectivity index (χ2v) is 6.26. The summed E-state index contributed by atoms with van der Waals surface area (Å²) in [6.07, 6.45) is 5.28. The first-order chi connectivity index (χ1) is 8.94. The molecule has 19 heavy (non-hydrogen) atoms. The second-order valence-electron chi connectivity index (χ2n) is 5.30. The molecule has 0 spiro atoms. The molecule has 0 radical (unpaired) electrons. The molecule has 0 aromatic rings. The Balaban J connectivity index is 1.53. The van der Waals surface area contributed by atoms with Gasteiger partial charge in [0.15, 0.2) is 0 Å². The van der Waals surface area contributed by atoms with Crippen LogP contribution in [0.1, 0.15) is 32.1 Å². The van der Waals surface area contributed by atoms with Crippen molar-refractivity contribution in [2.45, 2.75) is 37.6 Å². The van der Waals surface area contributed by atoms with Gasteiger partial charge in [0.2, 0.25) is 0 Å². The van der Waals surface area contributed by atoms with Crippen LogP contribution in [0.25, 0.3) is 0 Å². The average Bonchev–Trinajstić information content (AvgIpc) is 2.88. The fourth-order valence-electron chi connectivity index (χ4n) is 3.24. The van der Waals surface area contributed by atoms with E-state index in [4.69, 9.17) is 4.74 Å². The van der Waals surface area contributed by atoms with Crippen LogP contribution >= 0.6 is 11.9 Å². The molecule has 0 heterocycles. The van der Waals surface area contributed by atoms with Crippen molar-refractivity contribution in [1.29, 1.82) is 0 Å². The van der Waals surface area contributed by atoms with E-state index < -0.39 is 5.51 Å². The van der Waals surface area contributed by atoms with Crippen molar-refractivity contribution < 1.29 is 22.7 Å². The van der Waals surface area contributed by atoms with Crippen LogP contribution in [0.5, 0.6) is 0 Å². The fourth-order valence-corrected chi connectivity index (χ4v) is 3.59. The van der Waals surface area contributed by atoms with Gasteiger partial charge in [0, 0.05) is 24.9 Å². The zero-order chi connectivity index (χ0) is 13.9. The molecule has 2 saturated carbocycles. The van der Waals surface area contributed by atoms with Crippen LogP contribution in [0.2, 0.25) is 0 Å². The number of alkyl halides is 3. The Morgan fingerprint density at radius 1 is 1.32 bits per heavy atom. The van der Waals surface area contributed by atoms with Gasteiger partial charge < -0.3 is 4.74 Å². The summed E-state index contributed by atoms with van der Waals surface area (Å²) in [5, 5.41) is 0. The van der Waals surface area contributed by atoms with Gasteiger partial charge in [0.1, 0.15) is 6.61 Å². The Labute approximate surface area is 114 Å². The zero-order valence-electron chi connectivity index (χ0n) is 10.5. The lowest BCUT2D eigenvalue weighted by molar-refractivity contribution is -0.144. The van der Waals surface area contributed by atoms with Crippen LogP contribution in [-0.4, -0.2) is 24.6 Å². The van der Waals surface area contributed by atoms with Gasteiger partial charge in [0.25, 0.3) is 0 Å². The topological polar surface area (TPSA) is 38.3 Å². The maximum absolute atomic E-state index is 11.8. The van der Waals surface area contributed by atoms with E-state index in [2.05, 4.69) is 4.72 Å². The maximum Gasteiger partial charge on any atom is 0.456 e. The van der Waals surface area contributed by atoms with Gasteiger partial charge in [-0.05, 0) is 37.0 Å². The molecule has 7 heteroatoms. The molecule has 0 amide bonds. The van der Waals surface area contributed by atoms with E-state index in [0.717, 1.165) is 12.3 Å². The van der Waals surface area contributed by atoms with Crippen molar-refractivity contribution >= 4 is 17.9 Å². The molecule has 3 unspecified atom stereocenters. The van der Waals surface area contributed by atoms with Gasteiger partial charge in [-0.15, -0.1) is 0 Å². The van der Waals surface area contributed by atoms with Crippen molar-refractivity contribution in [3.05, 3.63) is 0 Å². The van der Waals surface area contributed by atoms with Crippen molar-refractivity contribution in [2.75, 3.05) is 13.2 Å². The lowest BCUT2D eigenvalue weighted by Crippen LogP contribution is -2.22. The third-order valence-electron chi connectivity index (χ3n) is 3.97. The predicted octanol–water partition coefficient (Wildman–Crippen LogP) is 3.11. The number of carbonyl (C=O) groups excluding carboxylic acids is 1. The minimum atomic E-state index is -4.30. The molecule has 3 atom stereocenters. The van der Waals surface area contributed by atoms with Crippen molar-refractivity contribution in [2.24, 2.45) is 17.8 Å². The second kappa shape index (κ2) is 6.35. The average molecular weight is 297 g/mol. The van der Waals surface area contributed by atoms with Gasteiger partial charge >= 0.3 is 11.5 Å². The van der Waals surface area contributed by atoms with E-state index in [9.17, 15) is 18.0 Å². The molecule has 2 bridgehead atoms. The minimum absolute atomic E-state index is 0.00658. The molecule has 0 aromatic heterocycles. The number of carbonyl (C=O) groups is 1. The van der Waals surface area contributed by atoms with Crippen LogP contribution in [-0.2, 0) is 9.53 Å². The standard InChI is InChI=1S/C12H18F3NO2S/c13-12(14,15)19-16-3-4-18-11(17)7-10-6-8-1-2-9(10)5-8/h8-10,16H,1-7H2. The number of esters is 1. The van der Waals surface area contributed by atoms with E-state index in [1.54, 1.807) is 0 Å². The van der Waals surface area contributed by atoms with E-state index >= 15 is 0 Å². The molecular weight excluding hydrogens is 279 g/mol. The number of hydrogen-bond donors (Lipinski definition) is 1. The number of halogens is 3. The normalized spacial score (nSPS) is 29.7. The quantitative estimate of drug-likeness (QED) is 0.464. The Kier molecular flexibility index (Phi) is 5.00. The molecule has 2 rings (SSSR count). The van der Waals surface area contributed by atoms with Gasteiger partial charge in [-0.1, -0.05) is 6.42 Å². The van der Waals surface area contributed by atoms with Crippen LogP contribution in [0.4, 0.5) is 13.2 Å². The van der Waals surface area contributed by atoms with E-state index in [-0.39, 0.29) is 31.1 Å². The summed E-state index contributed by atoms with van der Waals surface area (Å²) in [5.74, 6) is 1.60. The summed E-state index contributed by atoms with van der Waals surface area (Å²) >= 11 is -0.313. The number of hydrogen-bond acceptors (Lipinski definition) is 4. The maximum atomic E-state index is 11.8. The molecule has 2 aliphatic rings. The first-order valence-electron chi connectivity index (χ1n) is 6.57. The highest BCUT2D eigenvalue weighted by Gasteiger charge is 2.40. The highest BCUT2D eigenvalue weighted by molar-refractivity contribution is 7.98. The van der Waals surface area contributed by atoms with Gasteiger partial charge in [-0.2, -0.15) is 13.2 Å². The summed E-state index contributed by atoms with van der Waals surface area (Å²) < 4.78 is 42.4. The fraction of sp³-hybridized carbons (Fsp3) is 0.917. The van der Waals surface area contributed by atoms with Gasteiger partial charge in [0.05, 0.1) is 0 Å². The molecule has 110 valence electrons. The summed E-state index contributed by atoms with van der Waals surface area (Å²) in [5.41, 5.74) is -4.30. The van der Waals surface area contributed by atoms with Gasteiger partial charge in [-0.3, -0.25) is 9.52 Å². The van der Waals surface area contributed by atoms with E-state index in [0.29, 0.717) is 18.3 Å². The smallest absolute Gasteiger partial charge is 0.456 e. The van der Waals surface area contributed by atoms with Crippen LogP contribution in [0.3, 0.4) is 0 Å². The third kappa shape index (κ3) is 4.87. The first kappa shape index (κ1) is 15.0. The zero-order valence-corrected chi connectivity index (χ0v) is 11.4. The number of nitrogens with one attached hydrogen (secondary N) is 1. The highest BCUT2D eigenvalue weighted by Crippen LogP contribution is 2.49. The van der Waals surface area contributed by atoms with E-state index in [1.807, 2.05) is 0 Å². The molecule has 0 saturated heterocycles. The predicted molar refractivity (Wildman–Crippen MR) is 66.2 cm³/mol. The van der Waals surface area contributed by atoms with Crippen LogP contribution < -0.4 is 4.72 Å². The minimum Gasteiger partial charge on any atom is -0.464 e. The molecule has 2 fully saturated rings. The highest BCUT2D eigenvalue weighted by atomic mass is 32.2. The van der Waals surface area contributed by atoms with Crippen LogP contribution in [0.15, 0.2) is 0 Å². The third-order valence-corrected chi connectivity index (χ3v) is 4.55. The lowest BCUT2D eigenvalue weighted by atomic mass is 9.86. The SMILES string of the molecule is O=C(CC1CC2CCC1C2)OCCNSC(F)(F)F. The van der Waals surface area contributed by atoms with Gasteiger partial charge in [-0.25, -0.2) is 0 Å². The number of ether oxygens (including phenoxy) is 1. The summed E-state index contributed by atoms with van der Waals surface area (Å²) in [7, 11) is 0. The van der Waals surface area contributed by atoms with E-state index in [1.165, 1.54) is 19.3 Å². The van der Waals surface area contributed by atoms with Crippen molar-refractivity contribution in [3.63, 3.8) is 0 Å². The Morgan fingerprint density at radius 3 is 2.68 bits per heavy atom. The molecule has 0 aromatic carbocycles. The van der Waals surface area contributed by atoms with Crippen molar-refractivity contribution in [3.8, 4) is 0 Å². The first-order valence-corrected chi connectivity index (χ1v) is 7.39. The lowest BCUT2D eigenvalue weighted by Gasteiger charge is -2.20. The monoisotopic (exact) mass is 297 g/mol. The number of rotatable bonds is 6. The Hall–Kier alpha value is -0.430. The number of fused-ring (bicyclic) bond motifs is 2. The molecule has 1 N–H and O–H groups in total. The Bertz CT molecular complexity index is 325. The summed E-state index contributed by atoms with van der Waals surface area (Å²) in [4.78, 5) is 11.6. The molecular formula is C12H18F3NO2S. The largest absolute Gasteiger partial charge is 0.464 e. The van der Waals surface area contributed by atoms with Crippen LogP contribution in [0, 0.1) is 17.8 Å². The molecule has 3 nitrogen and oxygen atoms in total. The van der Waals surface area contributed by atoms with Crippen molar-refractivity contribution in [1.82, 2.24) is 4.72 Å². The molecule has 0 aliphatic heterocycles. The summed E-state index contributed by atoms with van der Waals surface area (Å²) in [6.45, 7) is -0.00460.